The molecule has 0 bridgehead atoms. The SMILES string of the molecule is COc1ccc(S(=O)(=O)N2Cc3ccccc3CC2COCC(=O)NCC2CCC(C(c3ccccc3)N(C)C)CC2)cc1. The lowest BCUT2D eigenvalue weighted by molar-refractivity contribution is -0.126. The summed E-state index contributed by atoms with van der Waals surface area (Å²) < 4.78 is 40.0. The Morgan fingerprint density at radius 2 is 1.59 bits per heavy atom. The van der Waals surface area contributed by atoms with Crippen molar-refractivity contribution in [3.05, 3.63) is 95.6 Å². The maximum Gasteiger partial charge on any atom is 0.246 e. The average molecular weight is 620 g/mol. The van der Waals surface area contributed by atoms with E-state index in [9.17, 15) is 13.2 Å². The van der Waals surface area contributed by atoms with Crippen LogP contribution in [0.15, 0.2) is 83.8 Å². The van der Waals surface area contributed by atoms with Gasteiger partial charge in [0, 0.05) is 19.1 Å². The van der Waals surface area contributed by atoms with Crippen LogP contribution in [-0.2, 0) is 32.5 Å². The summed E-state index contributed by atoms with van der Waals surface area (Å²) in [5, 5.41) is 3.06. The fourth-order valence-electron chi connectivity index (χ4n) is 6.82. The quantitative estimate of drug-likeness (QED) is 0.305. The van der Waals surface area contributed by atoms with E-state index in [2.05, 4.69) is 54.6 Å². The first-order valence-electron chi connectivity index (χ1n) is 15.5. The molecule has 1 N–H and O–H groups in total. The maximum absolute atomic E-state index is 13.7. The largest absolute Gasteiger partial charge is 0.497 e. The Bertz CT molecular complexity index is 1470. The predicted octanol–water partition coefficient (Wildman–Crippen LogP) is 5.05. The van der Waals surface area contributed by atoms with Gasteiger partial charge in [-0.15, -0.1) is 0 Å². The zero-order valence-electron chi connectivity index (χ0n) is 26.0. The monoisotopic (exact) mass is 619 g/mol. The third-order valence-corrected chi connectivity index (χ3v) is 11.1. The molecule has 3 aromatic carbocycles. The van der Waals surface area contributed by atoms with Gasteiger partial charge in [-0.1, -0.05) is 54.6 Å². The second-order valence-corrected chi connectivity index (χ2v) is 14.2. The summed E-state index contributed by atoms with van der Waals surface area (Å²) in [5.74, 6) is 1.48. The first kappa shape index (κ1) is 32.2. The number of carbonyl (C=O) groups is 1. The molecule has 1 aliphatic heterocycles. The van der Waals surface area contributed by atoms with Gasteiger partial charge < -0.3 is 19.7 Å². The second kappa shape index (κ2) is 14.7. The van der Waals surface area contributed by atoms with Crippen molar-refractivity contribution in [3.8, 4) is 5.75 Å². The number of hydrogen-bond donors (Lipinski definition) is 1. The molecular weight excluding hydrogens is 574 g/mol. The molecule has 44 heavy (non-hydrogen) atoms. The topological polar surface area (TPSA) is 88.2 Å². The minimum Gasteiger partial charge on any atom is -0.497 e. The minimum absolute atomic E-state index is 0.0966. The smallest absolute Gasteiger partial charge is 0.246 e. The summed E-state index contributed by atoms with van der Waals surface area (Å²) in [6, 6.07) is 25.0. The van der Waals surface area contributed by atoms with Gasteiger partial charge in [0.05, 0.1) is 24.7 Å². The van der Waals surface area contributed by atoms with Crippen LogP contribution in [0.1, 0.15) is 48.4 Å². The first-order valence-corrected chi connectivity index (χ1v) is 17.0. The van der Waals surface area contributed by atoms with Crippen molar-refractivity contribution in [2.24, 2.45) is 11.8 Å². The normalized spacial score (nSPS) is 21.4. The molecular formula is C35H45N3O5S. The van der Waals surface area contributed by atoms with Crippen molar-refractivity contribution in [2.45, 2.75) is 55.6 Å². The van der Waals surface area contributed by atoms with Crippen LogP contribution < -0.4 is 10.1 Å². The molecule has 8 nitrogen and oxygen atoms in total. The number of benzene rings is 3. The molecule has 0 saturated heterocycles. The molecule has 1 amide bonds. The average Bonchev–Trinajstić information content (AvgIpc) is 3.04. The number of fused-ring (bicyclic) bond motifs is 1. The van der Waals surface area contributed by atoms with E-state index in [0.717, 1.165) is 36.8 Å². The summed E-state index contributed by atoms with van der Waals surface area (Å²) in [5.41, 5.74) is 3.45. The van der Waals surface area contributed by atoms with E-state index in [-0.39, 0.29) is 30.6 Å². The molecule has 2 aliphatic rings. The van der Waals surface area contributed by atoms with Crippen LogP contribution >= 0.6 is 0 Å². The number of amides is 1. The molecule has 0 spiro atoms. The summed E-state index contributed by atoms with van der Waals surface area (Å²) in [6.45, 7) is 0.933. The lowest BCUT2D eigenvalue weighted by atomic mass is 9.76. The van der Waals surface area contributed by atoms with E-state index in [4.69, 9.17) is 9.47 Å². The van der Waals surface area contributed by atoms with Gasteiger partial charge >= 0.3 is 0 Å². The van der Waals surface area contributed by atoms with Crippen molar-refractivity contribution in [1.82, 2.24) is 14.5 Å². The number of ether oxygens (including phenoxy) is 2. The highest BCUT2D eigenvalue weighted by molar-refractivity contribution is 7.89. The van der Waals surface area contributed by atoms with Crippen LogP contribution in [-0.4, -0.2) is 70.5 Å². The summed E-state index contributed by atoms with van der Waals surface area (Å²) in [6.07, 6.45) is 4.96. The Hall–Kier alpha value is -3.24. The van der Waals surface area contributed by atoms with Gasteiger partial charge in [-0.3, -0.25) is 4.79 Å². The summed E-state index contributed by atoms with van der Waals surface area (Å²) in [7, 11) is 2.07. The number of nitrogens with zero attached hydrogens (tertiary/aromatic N) is 2. The molecule has 1 heterocycles. The fraction of sp³-hybridized carbons (Fsp3) is 0.457. The highest BCUT2D eigenvalue weighted by Crippen LogP contribution is 2.39. The van der Waals surface area contributed by atoms with Crippen LogP contribution in [0.4, 0.5) is 0 Å². The zero-order chi connectivity index (χ0) is 31.1. The predicted molar refractivity (Wildman–Crippen MR) is 172 cm³/mol. The molecule has 236 valence electrons. The number of hydrogen-bond acceptors (Lipinski definition) is 6. The van der Waals surface area contributed by atoms with E-state index in [1.54, 1.807) is 31.4 Å². The molecule has 5 rings (SSSR count). The van der Waals surface area contributed by atoms with E-state index in [1.807, 2.05) is 24.3 Å². The van der Waals surface area contributed by atoms with Crippen LogP contribution in [0.5, 0.6) is 5.75 Å². The first-order chi connectivity index (χ1) is 21.3. The number of methoxy groups -OCH3 is 1. The molecule has 0 aromatic heterocycles. The van der Waals surface area contributed by atoms with Crippen molar-refractivity contribution in [3.63, 3.8) is 0 Å². The van der Waals surface area contributed by atoms with E-state index >= 15 is 0 Å². The molecule has 2 atom stereocenters. The summed E-state index contributed by atoms with van der Waals surface area (Å²) in [4.78, 5) is 15.3. The van der Waals surface area contributed by atoms with Gasteiger partial charge in [0.1, 0.15) is 12.4 Å². The molecule has 0 radical (unpaired) electrons. The van der Waals surface area contributed by atoms with Gasteiger partial charge in [-0.2, -0.15) is 4.31 Å². The number of carbonyl (C=O) groups excluding carboxylic acids is 1. The van der Waals surface area contributed by atoms with Crippen LogP contribution in [0.25, 0.3) is 0 Å². The van der Waals surface area contributed by atoms with Crippen LogP contribution in [0.3, 0.4) is 0 Å². The highest BCUT2D eigenvalue weighted by atomic mass is 32.2. The Morgan fingerprint density at radius 3 is 2.25 bits per heavy atom. The van der Waals surface area contributed by atoms with E-state index in [0.29, 0.717) is 36.6 Å². The molecule has 1 saturated carbocycles. The van der Waals surface area contributed by atoms with E-state index in [1.165, 1.54) is 9.87 Å². The summed E-state index contributed by atoms with van der Waals surface area (Å²) >= 11 is 0. The van der Waals surface area contributed by atoms with Gasteiger partial charge in [0.2, 0.25) is 15.9 Å². The Kier molecular flexibility index (Phi) is 10.7. The van der Waals surface area contributed by atoms with Crippen molar-refractivity contribution < 1.29 is 22.7 Å². The molecule has 3 aromatic rings. The lowest BCUT2D eigenvalue weighted by Crippen LogP contribution is -2.47. The second-order valence-electron chi connectivity index (χ2n) is 12.3. The molecule has 2 unspecified atom stereocenters. The van der Waals surface area contributed by atoms with Gasteiger partial charge in [0.25, 0.3) is 0 Å². The standard InChI is InChI=1S/C35H45N3O5S/c1-37(2)35(27-9-5-4-6-10-27)28-15-13-26(14-16-28)22-36-34(39)25-43-24-31-21-29-11-7-8-12-30(29)23-38(31)44(40,41)33-19-17-32(42-3)18-20-33/h4-12,17-20,26,28,31,35H,13-16,21-25H2,1-3H3,(H,36,39). The lowest BCUT2D eigenvalue weighted by Gasteiger charge is -2.37. The molecule has 1 aliphatic carbocycles. The Morgan fingerprint density at radius 1 is 0.932 bits per heavy atom. The van der Waals surface area contributed by atoms with Crippen LogP contribution in [0, 0.1) is 11.8 Å². The Labute approximate surface area is 262 Å². The van der Waals surface area contributed by atoms with Crippen molar-refractivity contribution in [2.75, 3.05) is 41.0 Å². The van der Waals surface area contributed by atoms with Gasteiger partial charge in [-0.05, 0) is 99.0 Å². The number of nitrogens with one attached hydrogen (secondary N) is 1. The van der Waals surface area contributed by atoms with Crippen molar-refractivity contribution >= 4 is 15.9 Å². The molecule has 9 heteroatoms. The van der Waals surface area contributed by atoms with Gasteiger partial charge in [0.15, 0.2) is 0 Å². The number of rotatable bonds is 12. The number of sulfonamides is 1. The fourth-order valence-corrected chi connectivity index (χ4v) is 8.40. The van der Waals surface area contributed by atoms with Gasteiger partial charge in [-0.25, -0.2) is 8.42 Å². The molecule has 1 fully saturated rings. The maximum atomic E-state index is 13.7. The minimum atomic E-state index is -3.79. The highest BCUT2D eigenvalue weighted by Gasteiger charge is 2.36. The van der Waals surface area contributed by atoms with E-state index < -0.39 is 16.1 Å². The van der Waals surface area contributed by atoms with Crippen LogP contribution in [0.2, 0.25) is 0 Å². The van der Waals surface area contributed by atoms with Crippen molar-refractivity contribution in [1.29, 1.82) is 0 Å². The third-order valence-electron chi connectivity index (χ3n) is 9.14. The third kappa shape index (κ3) is 7.69. The zero-order valence-corrected chi connectivity index (χ0v) is 26.8. The Balaban J connectivity index is 1.12.